The van der Waals surface area contributed by atoms with Crippen molar-refractivity contribution in [2.75, 3.05) is 38.0 Å². The van der Waals surface area contributed by atoms with E-state index in [9.17, 15) is 9.59 Å². The number of methoxy groups -OCH3 is 1. The van der Waals surface area contributed by atoms with Gasteiger partial charge in [0.05, 0.1) is 24.9 Å². The number of aromatic nitrogens is 2. The minimum atomic E-state index is -0.317. The standard InChI is InChI=1S/C31H35N5O3/c1-22(2)35(30(38)19-23-16-17-28(39-5)27(18-23)34(3)4)21-29(37)33-31-32-26(24-12-8-6-9-13-24)20-36(31)25-14-10-7-11-15-25/h6-18,20,22H,19,21H2,1-5H3,(H,32,33,37). The molecular weight excluding hydrogens is 490 g/mol. The number of benzene rings is 3. The summed E-state index contributed by atoms with van der Waals surface area (Å²) in [5.41, 5.74) is 4.29. The third-order valence-electron chi connectivity index (χ3n) is 6.40. The Morgan fingerprint density at radius 3 is 2.26 bits per heavy atom. The van der Waals surface area contributed by atoms with Gasteiger partial charge in [-0.3, -0.25) is 19.5 Å². The number of hydrogen-bond donors (Lipinski definition) is 1. The number of nitrogens with zero attached hydrogens (tertiary/aromatic N) is 4. The first-order chi connectivity index (χ1) is 18.8. The van der Waals surface area contributed by atoms with E-state index in [0.717, 1.165) is 33.9 Å². The minimum absolute atomic E-state index is 0.0878. The molecule has 0 fully saturated rings. The molecule has 0 aliphatic carbocycles. The predicted molar refractivity (Wildman–Crippen MR) is 156 cm³/mol. The summed E-state index contributed by atoms with van der Waals surface area (Å²) in [5, 5.41) is 2.94. The summed E-state index contributed by atoms with van der Waals surface area (Å²) in [6.45, 7) is 3.72. The van der Waals surface area contributed by atoms with Gasteiger partial charge in [-0.15, -0.1) is 0 Å². The van der Waals surface area contributed by atoms with Gasteiger partial charge in [0.15, 0.2) is 0 Å². The first kappa shape index (κ1) is 27.4. The smallest absolute Gasteiger partial charge is 0.246 e. The van der Waals surface area contributed by atoms with Crippen molar-refractivity contribution in [2.24, 2.45) is 0 Å². The fourth-order valence-corrected chi connectivity index (χ4v) is 4.35. The third-order valence-corrected chi connectivity index (χ3v) is 6.40. The van der Waals surface area contributed by atoms with Gasteiger partial charge in [-0.1, -0.05) is 54.6 Å². The third kappa shape index (κ3) is 6.65. The largest absolute Gasteiger partial charge is 0.495 e. The second-order valence-electron chi connectivity index (χ2n) is 9.76. The summed E-state index contributed by atoms with van der Waals surface area (Å²) in [5.74, 6) is 0.682. The Labute approximate surface area is 229 Å². The molecule has 202 valence electrons. The van der Waals surface area contributed by atoms with E-state index in [1.807, 2.05) is 122 Å². The maximum Gasteiger partial charge on any atom is 0.246 e. The number of carbonyl (C=O) groups excluding carboxylic acids is 2. The SMILES string of the molecule is COc1ccc(CC(=O)N(CC(=O)Nc2nc(-c3ccccc3)cn2-c2ccccc2)C(C)C)cc1N(C)C. The van der Waals surface area contributed by atoms with Crippen LogP contribution in [0.25, 0.3) is 16.9 Å². The molecule has 0 radical (unpaired) electrons. The molecule has 4 rings (SSSR count). The van der Waals surface area contributed by atoms with Gasteiger partial charge in [-0.2, -0.15) is 0 Å². The molecule has 0 atom stereocenters. The lowest BCUT2D eigenvalue weighted by Gasteiger charge is -2.26. The van der Waals surface area contributed by atoms with E-state index in [1.54, 1.807) is 12.0 Å². The topological polar surface area (TPSA) is 79.7 Å². The van der Waals surface area contributed by atoms with E-state index in [1.165, 1.54) is 0 Å². The molecule has 0 aliphatic rings. The van der Waals surface area contributed by atoms with Crippen molar-refractivity contribution in [2.45, 2.75) is 26.3 Å². The Hall–Kier alpha value is -4.59. The van der Waals surface area contributed by atoms with Crippen molar-refractivity contribution in [3.63, 3.8) is 0 Å². The zero-order valence-corrected chi connectivity index (χ0v) is 23.1. The van der Waals surface area contributed by atoms with Gasteiger partial charge in [0.25, 0.3) is 0 Å². The van der Waals surface area contributed by atoms with Gasteiger partial charge in [-0.05, 0) is 43.7 Å². The normalized spacial score (nSPS) is 10.8. The maximum atomic E-state index is 13.3. The summed E-state index contributed by atoms with van der Waals surface area (Å²) in [4.78, 5) is 34.8. The molecule has 1 heterocycles. The summed E-state index contributed by atoms with van der Waals surface area (Å²) in [6, 6.07) is 25.0. The minimum Gasteiger partial charge on any atom is -0.495 e. The van der Waals surface area contributed by atoms with E-state index in [4.69, 9.17) is 9.72 Å². The van der Waals surface area contributed by atoms with Crippen molar-refractivity contribution >= 4 is 23.5 Å². The van der Waals surface area contributed by atoms with Crippen LogP contribution in [0.2, 0.25) is 0 Å². The first-order valence-electron chi connectivity index (χ1n) is 12.9. The summed E-state index contributed by atoms with van der Waals surface area (Å²) in [6.07, 6.45) is 2.07. The zero-order valence-electron chi connectivity index (χ0n) is 23.1. The molecule has 39 heavy (non-hydrogen) atoms. The second-order valence-corrected chi connectivity index (χ2v) is 9.76. The molecule has 0 spiro atoms. The molecule has 8 nitrogen and oxygen atoms in total. The number of carbonyl (C=O) groups is 2. The van der Waals surface area contributed by atoms with Crippen LogP contribution in [-0.2, 0) is 16.0 Å². The monoisotopic (exact) mass is 525 g/mol. The second kappa shape index (κ2) is 12.3. The molecule has 0 saturated carbocycles. The number of anilines is 2. The molecule has 0 bridgehead atoms. The highest BCUT2D eigenvalue weighted by molar-refractivity contribution is 5.94. The highest BCUT2D eigenvalue weighted by Gasteiger charge is 2.22. The van der Waals surface area contributed by atoms with Crippen LogP contribution >= 0.6 is 0 Å². The fourth-order valence-electron chi connectivity index (χ4n) is 4.35. The molecule has 0 saturated heterocycles. The van der Waals surface area contributed by atoms with Crippen LogP contribution < -0.4 is 15.0 Å². The molecule has 3 aromatic carbocycles. The molecule has 0 unspecified atom stereocenters. The molecule has 4 aromatic rings. The molecule has 1 N–H and O–H groups in total. The van der Waals surface area contributed by atoms with Crippen molar-refractivity contribution in [1.29, 1.82) is 0 Å². The number of rotatable bonds is 10. The Balaban J connectivity index is 1.53. The lowest BCUT2D eigenvalue weighted by molar-refractivity contribution is -0.135. The van der Waals surface area contributed by atoms with Crippen LogP contribution in [-0.4, -0.2) is 60.1 Å². The van der Waals surface area contributed by atoms with Crippen LogP contribution in [0.15, 0.2) is 85.1 Å². The van der Waals surface area contributed by atoms with Gasteiger partial charge in [0, 0.05) is 37.6 Å². The number of amides is 2. The van der Waals surface area contributed by atoms with E-state index >= 15 is 0 Å². The lowest BCUT2D eigenvalue weighted by atomic mass is 10.1. The molecule has 8 heteroatoms. The summed E-state index contributed by atoms with van der Waals surface area (Å²) in [7, 11) is 5.48. The molecular formula is C31H35N5O3. The van der Waals surface area contributed by atoms with Crippen molar-refractivity contribution in [3.8, 4) is 22.7 Å². The first-order valence-corrected chi connectivity index (χ1v) is 12.9. The Kier molecular flexibility index (Phi) is 8.66. The van der Waals surface area contributed by atoms with E-state index < -0.39 is 0 Å². The fraction of sp³-hybridized carbons (Fsp3) is 0.258. The number of imidazole rings is 1. The van der Waals surface area contributed by atoms with E-state index in [2.05, 4.69) is 5.32 Å². The van der Waals surface area contributed by atoms with Crippen molar-refractivity contribution in [3.05, 3.63) is 90.6 Å². The average Bonchev–Trinajstić information content (AvgIpc) is 3.36. The zero-order chi connectivity index (χ0) is 27.9. The van der Waals surface area contributed by atoms with Gasteiger partial charge in [0.1, 0.15) is 12.3 Å². The predicted octanol–water partition coefficient (Wildman–Crippen LogP) is 5.03. The number of ether oxygens (including phenoxy) is 1. The van der Waals surface area contributed by atoms with Crippen LogP contribution in [0, 0.1) is 0 Å². The highest BCUT2D eigenvalue weighted by atomic mass is 16.5. The van der Waals surface area contributed by atoms with Crippen LogP contribution in [0.1, 0.15) is 19.4 Å². The average molecular weight is 526 g/mol. The van der Waals surface area contributed by atoms with Crippen molar-refractivity contribution < 1.29 is 14.3 Å². The van der Waals surface area contributed by atoms with Gasteiger partial charge in [0.2, 0.25) is 17.8 Å². The summed E-state index contributed by atoms with van der Waals surface area (Å²) >= 11 is 0. The van der Waals surface area contributed by atoms with Crippen LogP contribution in [0.5, 0.6) is 5.75 Å². The Morgan fingerprint density at radius 2 is 1.64 bits per heavy atom. The van der Waals surface area contributed by atoms with Gasteiger partial charge in [-0.25, -0.2) is 4.98 Å². The van der Waals surface area contributed by atoms with Crippen LogP contribution in [0.3, 0.4) is 0 Å². The quantitative estimate of drug-likeness (QED) is 0.314. The lowest BCUT2D eigenvalue weighted by Crippen LogP contribution is -2.43. The Bertz CT molecular complexity index is 1410. The van der Waals surface area contributed by atoms with Crippen LogP contribution in [0.4, 0.5) is 11.6 Å². The van der Waals surface area contributed by atoms with E-state index in [0.29, 0.717) is 5.95 Å². The number of hydrogen-bond acceptors (Lipinski definition) is 5. The molecule has 2 amide bonds. The van der Waals surface area contributed by atoms with Crippen molar-refractivity contribution in [1.82, 2.24) is 14.5 Å². The van der Waals surface area contributed by atoms with E-state index in [-0.39, 0.29) is 30.8 Å². The maximum absolute atomic E-state index is 13.3. The van der Waals surface area contributed by atoms with Gasteiger partial charge < -0.3 is 14.5 Å². The Morgan fingerprint density at radius 1 is 0.974 bits per heavy atom. The number of nitrogens with one attached hydrogen (secondary N) is 1. The highest BCUT2D eigenvalue weighted by Crippen LogP contribution is 2.28. The molecule has 0 aliphatic heterocycles. The van der Waals surface area contributed by atoms with Gasteiger partial charge >= 0.3 is 0 Å². The molecule has 1 aromatic heterocycles. The summed E-state index contributed by atoms with van der Waals surface area (Å²) < 4.78 is 7.28. The number of para-hydroxylation sites is 1.